The number of phenols is 1. The number of nitrogens with one attached hydrogen (secondary N) is 1. The summed E-state index contributed by atoms with van der Waals surface area (Å²) in [5.41, 5.74) is 1.15. The Labute approximate surface area is 136 Å². The van der Waals surface area contributed by atoms with Gasteiger partial charge in [-0.25, -0.2) is 0 Å². The van der Waals surface area contributed by atoms with E-state index in [0.717, 1.165) is 50.4 Å². The normalized spacial score (nSPS) is 19.2. The van der Waals surface area contributed by atoms with Crippen LogP contribution >= 0.6 is 0 Å². The van der Waals surface area contributed by atoms with E-state index in [1.807, 2.05) is 21.9 Å². The predicted octanol–water partition coefficient (Wildman–Crippen LogP) is 0.817. The Kier molecular flexibility index (Phi) is 4.69. The predicted molar refractivity (Wildman–Crippen MR) is 89.5 cm³/mol. The van der Waals surface area contributed by atoms with Crippen molar-refractivity contribution in [2.75, 3.05) is 33.2 Å². The smallest absolute Gasteiger partial charge is 0.242 e. The number of aromatic hydroxyl groups is 1. The number of piperazine rings is 1. The Bertz CT molecular complexity index is 581. The van der Waals surface area contributed by atoms with Crippen LogP contribution in [0.3, 0.4) is 0 Å². The summed E-state index contributed by atoms with van der Waals surface area (Å²) < 4.78 is 0. The monoisotopic (exact) mass is 316 g/mol. The molecule has 1 aliphatic carbocycles. The number of carbonyl (C=O) groups is 1. The standard InChI is InChI=1S/C17H24N4O2/c1-18-17(19-9-8-13-2-6-15(22)7-3-13)20-10-11-21(14-4-5-14)16(23)12-20/h2-3,6-7,14,22H,4-5,8-12H2,1H3,(H,18,19). The summed E-state index contributed by atoms with van der Waals surface area (Å²) in [6.07, 6.45) is 3.16. The molecule has 0 atom stereocenters. The molecule has 1 saturated heterocycles. The average molecular weight is 316 g/mol. The number of hydrogen-bond donors (Lipinski definition) is 2. The van der Waals surface area contributed by atoms with Gasteiger partial charge in [0.2, 0.25) is 5.91 Å². The van der Waals surface area contributed by atoms with Gasteiger partial charge >= 0.3 is 0 Å². The number of carbonyl (C=O) groups excluding carboxylic acids is 1. The lowest BCUT2D eigenvalue weighted by molar-refractivity contribution is -0.135. The van der Waals surface area contributed by atoms with Gasteiger partial charge in [-0.1, -0.05) is 12.1 Å². The highest BCUT2D eigenvalue weighted by Gasteiger charge is 2.36. The number of nitrogens with zero attached hydrogens (tertiary/aromatic N) is 3. The second-order valence-electron chi connectivity index (χ2n) is 6.13. The van der Waals surface area contributed by atoms with Gasteiger partial charge in [-0.05, 0) is 37.0 Å². The molecule has 124 valence electrons. The molecule has 1 saturated carbocycles. The van der Waals surface area contributed by atoms with E-state index in [1.54, 1.807) is 19.2 Å². The van der Waals surface area contributed by atoms with E-state index >= 15 is 0 Å². The molecule has 0 aromatic heterocycles. The fourth-order valence-corrected chi connectivity index (χ4v) is 2.95. The van der Waals surface area contributed by atoms with E-state index in [4.69, 9.17) is 0 Å². The van der Waals surface area contributed by atoms with Crippen LogP contribution in [0.4, 0.5) is 0 Å². The minimum Gasteiger partial charge on any atom is -0.508 e. The molecule has 6 nitrogen and oxygen atoms in total. The van der Waals surface area contributed by atoms with Gasteiger partial charge in [0.15, 0.2) is 5.96 Å². The minimum atomic E-state index is 0.209. The summed E-state index contributed by atoms with van der Waals surface area (Å²) in [6.45, 7) is 2.78. The first-order chi connectivity index (χ1) is 11.2. The SMILES string of the molecule is CN=C(NCCc1ccc(O)cc1)N1CCN(C2CC2)C(=O)C1. The van der Waals surface area contributed by atoms with Gasteiger partial charge in [-0.2, -0.15) is 0 Å². The number of rotatable bonds is 4. The van der Waals surface area contributed by atoms with Crippen LogP contribution < -0.4 is 5.32 Å². The molecule has 1 heterocycles. The molecule has 6 heteroatoms. The molecule has 2 N–H and O–H groups in total. The molecule has 0 unspecified atom stereocenters. The van der Waals surface area contributed by atoms with Crippen molar-refractivity contribution < 1.29 is 9.90 Å². The molecule has 1 aromatic rings. The quantitative estimate of drug-likeness (QED) is 0.637. The maximum atomic E-state index is 12.2. The lowest BCUT2D eigenvalue weighted by Crippen LogP contribution is -2.55. The number of hydrogen-bond acceptors (Lipinski definition) is 3. The molecule has 0 spiro atoms. The Hall–Kier alpha value is -2.24. The topological polar surface area (TPSA) is 68.2 Å². The van der Waals surface area contributed by atoms with Crippen LogP contribution in [0.25, 0.3) is 0 Å². The summed E-state index contributed by atoms with van der Waals surface area (Å²) in [6, 6.07) is 7.71. The van der Waals surface area contributed by atoms with Crippen molar-refractivity contribution >= 4 is 11.9 Å². The van der Waals surface area contributed by atoms with Gasteiger partial charge in [0, 0.05) is 32.7 Å². The molecule has 0 radical (unpaired) electrons. The van der Waals surface area contributed by atoms with Gasteiger partial charge in [0.05, 0.1) is 6.54 Å². The fraction of sp³-hybridized carbons (Fsp3) is 0.529. The Morgan fingerprint density at radius 3 is 2.65 bits per heavy atom. The first-order valence-electron chi connectivity index (χ1n) is 8.20. The first kappa shape index (κ1) is 15.6. The molecule has 1 aliphatic heterocycles. The van der Waals surface area contributed by atoms with E-state index in [-0.39, 0.29) is 11.7 Å². The Morgan fingerprint density at radius 2 is 2.04 bits per heavy atom. The van der Waals surface area contributed by atoms with E-state index in [2.05, 4.69) is 10.3 Å². The first-order valence-corrected chi connectivity index (χ1v) is 8.20. The minimum absolute atomic E-state index is 0.209. The zero-order valence-corrected chi connectivity index (χ0v) is 13.5. The second kappa shape index (κ2) is 6.89. The van der Waals surface area contributed by atoms with Gasteiger partial charge in [0.1, 0.15) is 5.75 Å². The van der Waals surface area contributed by atoms with Crippen LogP contribution in [0.15, 0.2) is 29.3 Å². The van der Waals surface area contributed by atoms with Crippen LogP contribution in [0.5, 0.6) is 5.75 Å². The number of aliphatic imine (C=N–C) groups is 1. The number of benzene rings is 1. The van der Waals surface area contributed by atoms with Gasteiger partial charge in [0.25, 0.3) is 0 Å². The van der Waals surface area contributed by atoms with Crippen molar-refractivity contribution in [1.29, 1.82) is 0 Å². The summed E-state index contributed by atoms with van der Waals surface area (Å²) in [5.74, 6) is 1.28. The molecular weight excluding hydrogens is 292 g/mol. The maximum Gasteiger partial charge on any atom is 0.242 e. The second-order valence-corrected chi connectivity index (χ2v) is 6.13. The third-order valence-electron chi connectivity index (χ3n) is 4.39. The zero-order valence-electron chi connectivity index (χ0n) is 13.5. The fourth-order valence-electron chi connectivity index (χ4n) is 2.95. The van der Waals surface area contributed by atoms with Crippen molar-refractivity contribution in [3.8, 4) is 5.75 Å². The average Bonchev–Trinajstić information content (AvgIpc) is 3.38. The summed E-state index contributed by atoms with van der Waals surface area (Å²) in [5, 5.41) is 12.6. The van der Waals surface area contributed by atoms with Crippen LogP contribution in [-0.2, 0) is 11.2 Å². The highest BCUT2D eigenvalue weighted by Crippen LogP contribution is 2.27. The number of guanidine groups is 1. The Balaban J connectivity index is 1.48. The summed E-state index contributed by atoms with van der Waals surface area (Å²) >= 11 is 0. The third-order valence-corrected chi connectivity index (χ3v) is 4.39. The van der Waals surface area contributed by atoms with Crippen LogP contribution in [0.1, 0.15) is 18.4 Å². The molecule has 23 heavy (non-hydrogen) atoms. The highest BCUT2D eigenvalue weighted by atomic mass is 16.3. The molecule has 2 fully saturated rings. The van der Waals surface area contributed by atoms with Crippen molar-refractivity contribution in [2.45, 2.75) is 25.3 Å². The highest BCUT2D eigenvalue weighted by molar-refractivity contribution is 5.87. The maximum absolute atomic E-state index is 12.2. The number of phenolic OH excluding ortho intramolecular Hbond substituents is 1. The third kappa shape index (κ3) is 3.94. The van der Waals surface area contributed by atoms with Crippen LogP contribution in [0, 0.1) is 0 Å². The van der Waals surface area contributed by atoms with Crippen molar-refractivity contribution in [2.24, 2.45) is 4.99 Å². The lowest BCUT2D eigenvalue weighted by Gasteiger charge is -2.36. The zero-order chi connectivity index (χ0) is 16.2. The summed E-state index contributed by atoms with van der Waals surface area (Å²) in [7, 11) is 1.75. The number of amides is 1. The van der Waals surface area contributed by atoms with E-state index in [0.29, 0.717) is 12.6 Å². The van der Waals surface area contributed by atoms with Crippen molar-refractivity contribution in [3.05, 3.63) is 29.8 Å². The molecule has 0 bridgehead atoms. The van der Waals surface area contributed by atoms with Gasteiger partial charge in [-0.15, -0.1) is 0 Å². The molecule has 1 aromatic carbocycles. The van der Waals surface area contributed by atoms with E-state index in [9.17, 15) is 9.90 Å². The van der Waals surface area contributed by atoms with Crippen molar-refractivity contribution in [1.82, 2.24) is 15.1 Å². The summed E-state index contributed by atoms with van der Waals surface area (Å²) in [4.78, 5) is 20.5. The molecule has 3 rings (SSSR count). The van der Waals surface area contributed by atoms with Crippen LogP contribution in [-0.4, -0.2) is 66.0 Å². The van der Waals surface area contributed by atoms with E-state index in [1.165, 1.54) is 0 Å². The largest absolute Gasteiger partial charge is 0.508 e. The van der Waals surface area contributed by atoms with Crippen molar-refractivity contribution in [3.63, 3.8) is 0 Å². The van der Waals surface area contributed by atoms with Crippen LogP contribution in [0.2, 0.25) is 0 Å². The molecular formula is C17H24N4O2. The van der Waals surface area contributed by atoms with Gasteiger partial charge < -0.3 is 20.2 Å². The molecule has 2 aliphatic rings. The molecule has 1 amide bonds. The Morgan fingerprint density at radius 1 is 1.30 bits per heavy atom. The lowest BCUT2D eigenvalue weighted by atomic mass is 10.1. The van der Waals surface area contributed by atoms with E-state index < -0.39 is 0 Å². The van der Waals surface area contributed by atoms with Gasteiger partial charge in [-0.3, -0.25) is 9.79 Å².